The zero-order chi connectivity index (χ0) is 14.7. The summed E-state index contributed by atoms with van der Waals surface area (Å²) in [5.74, 6) is 0. The number of benzene rings is 1. The van der Waals surface area contributed by atoms with Crippen LogP contribution in [-0.4, -0.2) is 11.5 Å². The van der Waals surface area contributed by atoms with Crippen LogP contribution in [-0.2, 0) is 19.3 Å². The molecule has 0 spiro atoms. The average molecular weight is 282 g/mol. The van der Waals surface area contributed by atoms with Gasteiger partial charge in [-0.25, -0.2) is 0 Å². The Labute approximate surface area is 128 Å². The molecule has 0 unspecified atom stereocenters. The van der Waals surface area contributed by atoms with Crippen molar-refractivity contribution in [2.75, 3.05) is 11.9 Å². The number of pyridine rings is 1. The molecule has 1 aromatic heterocycles. The number of hydrogen-bond acceptors (Lipinski definition) is 2. The fraction of sp³-hybridized carbons (Fsp3) is 0.526. The molecule has 1 aliphatic carbocycles. The highest BCUT2D eigenvalue weighted by Gasteiger charge is 2.17. The van der Waals surface area contributed by atoms with Crippen LogP contribution in [0.25, 0.3) is 10.9 Å². The van der Waals surface area contributed by atoms with E-state index in [9.17, 15) is 0 Å². The molecule has 2 nitrogen and oxygen atoms in total. The van der Waals surface area contributed by atoms with E-state index < -0.39 is 0 Å². The van der Waals surface area contributed by atoms with Crippen molar-refractivity contribution in [2.45, 2.75) is 58.8 Å². The Kier molecular flexibility index (Phi) is 4.42. The summed E-state index contributed by atoms with van der Waals surface area (Å²) in [6.07, 6.45) is 8.53. The predicted molar refractivity (Wildman–Crippen MR) is 91.2 cm³/mol. The molecule has 1 aromatic carbocycles. The first-order valence-electron chi connectivity index (χ1n) is 8.52. The van der Waals surface area contributed by atoms with E-state index in [1.807, 2.05) is 0 Å². The molecule has 1 aliphatic rings. The van der Waals surface area contributed by atoms with Crippen LogP contribution in [0.15, 0.2) is 18.2 Å². The Hall–Kier alpha value is -1.57. The van der Waals surface area contributed by atoms with Crippen molar-refractivity contribution in [2.24, 2.45) is 0 Å². The van der Waals surface area contributed by atoms with E-state index >= 15 is 0 Å². The fourth-order valence-corrected chi connectivity index (χ4v) is 3.53. The van der Waals surface area contributed by atoms with E-state index in [2.05, 4.69) is 37.4 Å². The first-order chi connectivity index (χ1) is 10.3. The lowest BCUT2D eigenvalue weighted by molar-refractivity contribution is 0.709. The summed E-state index contributed by atoms with van der Waals surface area (Å²) in [6, 6.07) is 6.68. The molecule has 112 valence electrons. The third-order valence-corrected chi connectivity index (χ3v) is 4.50. The molecule has 0 radical (unpaired) electrons. The van der Waals surface area contributed by atoms with Gasteiger partial charge in [-0.1, -0.05) is 38.0 Å². The molecule has 1 heterocycles. The number of para-hydroxylation sites is 1. The number of fused-ring (bicyclic) bond motifs is 2. The van der Waals surface area contributed by atoms with E-state index in [4.69, 9.17) is 4.98 Å². The van der Waals surface area contributed by atoms with E-state index in [0.717, 1.165) is 19.4 Å². The van der Waals surface area contributed by atoms with Gasteiger partial charge in [0.05, 0.1) is 5.52 Å². The lowest BCUT2D eigenvalue weighted by atomic mass is 9.98. The molecule has 0 amide bonds. The van der Waals surface area contributed by atoms with Crippen molar-refractivity contribution in [1.29, 1.82) is 0 Å². The summed E-state index contributed by atoms with van der Waals surface area (Å²) < 4.78 is 0. The van der Waals surface area contributed by atoms with Crippen LogP contribution in [0.5, 0.6) is 0 Å². The molecule has 0 saturated heterocycles. The van der Waals surface area contributed by atoms with Gasteiger partial charge in [-0.05, 0) is 50.2 Å². The SMILES string of the molecule is CCCc1cccc2c(NCC)c3c(nc12)CCCCC3. The van der Waals surface area contributed by atoms with Crippen molar-refractivity contribution in [3.8, 4) is 0 Å². The van der Waals surface area contributed by atoms with Gasteiger partial charge >= 0.3 is 0 Å². The second-order valence-electron chi connectivity index (χ2n) is 6.07. The number of hydrogen-bond donors (Lipinski definition) is 1. The maximum atomic E-state index is 5.10. The van der Waals surface area contributed by atoms with Crippen LogP contribution in [0.4, 0.5) is 5.69 Å². The van der Waals surface area contributed by atoms with Gasteiger partial charge in [0.1, 0.15) is 0 Å². The highest BCUT2D eigenvalue weighted by Crippen LogP contribution is 2.34. The minimum absolute atomic E-state index is 0.976. The summed E-state index contributed by atoms with van der Waals surface area (Å²) in [4.78, 5) is 5.10. The van der Waals surface area contributed by atoms with E-state index in [-0.39, 0.29) is 0 Å². The van der Waals surface area contributed by atoms with Gasteiger partial charge in [-0.2, -0.15) is 0 Å². The minimum Gasteiger partial charge on any atom is -0.384 e. The first-order valence-corrected chi connectivity index (χ1v) is 8.52. The zero-order valence-corrected chi connectivity index (χ0v) is 13.3. The van der Waals surface area contributed by atoms with Crippen LogP contribution in [0, 0.1) is 0 Å². The molecule has 0 atom stereocenters. The van der Waals surface area contributed by atoms with E-state index in [1.54, 1.807) is 0 Å². The molecule has 0 saturated carbocycles. The van der Waals surface area contributed by atoms with Crippen LogP contribution in [0.3, 0.4) is 0 Å². The van der Waals surface area contributed by atoms with Crippen LogP contribution in [0.2, 0.25) is 0 Å². The minimum atomic E-state index is 0.976. The lowest BCUT2D eigenvalue weighted by Gasteiger charge is -2.18. The number of anilines is 1. The highest BCUT2D eigenvalue weighted by molar-refractivity contribution is 5.95. The van der Waals surface area contributed by atoms with Crippen LogP contribution < -0.4 is 5.32 Å². The van der Waals surface area contributed by atoms with Crippen LogP contribution >= 0.6 is 0 Å². The van der Waals surface area contributed by atoms with Crippen molar-refractivity contribution in [3.63, 3.8) is 0 Å². The average Bonchev–Trinajstić information content (AvgIpc) is 2.73. The maximum Gasteiger partial charge on any atom is 0.0758 e. The van der Waals surface area contributed by atoms with Crippen LogP contribution in [0.1, 0.15) is 56.4 Å². The van der Waals surface area contributed by atoms with Crippen molar-refractivity contribution in [1.82, 2.24) is 4.98 Å². The normalized spacial score (nSPS) is 14.8. The molecular formula is C19H26N2. The summed E-state index contributed by atoms with van der Waals surface area (Å²) in [7, 11) is 0. The molecule has 0 fully saturated rings. The van der Waals surface area contributed by atoms with E-state index in [1.165, 1.54) is 65.5 Å². The van der Waals surface area contributed by atoms with E-state index in [0.29, 0.717) is 0 Å². The first kappa shape index (κ1) is 14.4. The van der Waals surface area contributed by atoms with Crippen molar-refractivity contribution in [3.05, 3.63) is 35.0 Å². The second kappa shape index (κ2) is 6.46. The fourth-order valence-electron chi connectivity index (χ4n) is 3.53. The monoisotopic (exact) mass is 282 g/mol. The van der Waals surface area contributed by atoms with Gasteiger partial charge in [-0.15, -0.1) is 0 Å². The largest absolute Gasteiger partial charge is 0.384 e. The van der Waals surface area contributed by atoms with Gasteiger partial charge in [0.15, 0.2) is 0 Å². The lowest BCUT2D eigenvalue weighted by Crippen LogP contribution is -2.07. The molecule has 2 heteroatoms. The summed E-state index contributed by atoms with van der Waals surface area (Å²) in [5, 5.41) is 4.96. The molecule has 3 rings (SSSR count). The van der Waals surface area contributed by atoms with Gasteiger partial charge in [0.2, 0.25) is 0 Å². The molecular weight excluding hydrogens is 256 g/mol. The Morgan fingerprint density at radius 1 is 1.10 bits per heavy atom. The zero-order valence-electron chi connectivity index (χ0n) is 13.3. The quantitative estimate of drug-likeness (QED) is 0.808. The van der Waals surface area contributed by atoms with Gasteiger partial charge < -0.3 is 5.32 Å². The topological polar surface area (TPSA) is 24.9 Å². The second-order valence-corrected chi connectivity index (χ2v) is 6.07. The maximum absolute atomic E-state index is 5.10. The summed E-state index contributed by atoms with van der Waals surface area (Å²) >= 11 is 0. The standard InChI is InChI=1S/C19H26N2/c1-3-9-14-10-8-12-16-18(14)21-17-13-7-5-6-11-15(17)19(16)20-4-2/h8,10,12H,3-7,9,11,13H2,1-2H3,(H,20,21). The van der Waals surface area contributed by atoms with Crippen molar-refractivity contribution >= 4 is 16.6 Å². The number of rotatable bonds is 4. The molecule has 21 heavy (non-hydrogen) atoms. The Morgan fingerprint density at radius 3 is 2.76 bits per heavy atom. The molecule has 0 aliphatic heterocycles. The molecule has 1 N–H and O–H groups in total. The number of nitrogens with one attached hydrogen (secondary N) is 1. The summed E-state index contributed by atoms with van der Waals surface area (Å²) in [5.41, 5.74) is 6.82. The number of aromatic nitrogens is 1. The van der Waals surface area contributed by atoms with Gasteiger partial charge in [0.25, 0.3) is 0 Å². The van der Waals surface area contributed by atoms with Crippen molar-refractivity contribution < 1.29 is 0 Å². The Morgan fingerprint density at radius 2 is 1.95 bits per heavy atom. The Balaban J connectivity index is 2.25. The van der Waals surface area contributed by atoms with Gasteiger partial charge in [-0.3, -0.25) is 4.98 Å². The van der Waals surface area contributed by atoms with Gasteiger partial charge in [0, 0.05) is 23.3 Å². The Bertz CT molecular complexity index is 631. The predicted octanol–water partition coefficient (Wildman–Crippen LogP) is 4.89. The highest BCUT2D eigenvalue weighted by atomic mass is 14.9. The molecule has 2 aromatic rings. The smallest absolute Gasteiger partial charge is 0.0758 e. The number of aryl methyl sites for hydroxylation is 2. The third kappa shape index (κ3) is 2.76. The third-order valence-electron chi connectivity index (χ3n) is 4.50. The molecule has 0 bridgehead atoms. The number of nitrogens with zero attached hydrogens (tertiary/aromatic N) is 1. The summed E-state index contributed by atoms with van der Waals surface area (Å²) in [6.45, 7) is 5.41.